The van der Waals surface area contributed by atoms with E-state index in [9.17, 15) is 0 Å². The van der Waals surface area contributed by atoms with Crippen molar-refractivity contribution in [2.75, 3.05) is 19.7 Å². The smallest absolute Gasteiger partial charge is 0.241 e. The maximum absolute atomic E-state index is 6.03. The average molecular weight is 293 g/mol. The third-order valence-corrected chi connectivity index (χ3v) is 4.17. The Morgan fingerprint density at radius 2 is 1.91 bits per heavy atom. The fraction of sp³-hybridized carbons (Fsp3) is 0.278. The van der Waals surface area contributed by atoms with Gasteiger partial charge in [0.05, 0.1) is 23.2 Å². The Bertz CT molecular complexity index is 760. The number of rotatable bonds is 4. The summed E-state index contributed by atoms with van der Waals surface area (Å²) in [4.78, 5) is 0. The molecular weight excluding hydrogens is 274 g/mol. The van der Waals surface area contributed by atoms with Crippen molar-refractivity contribution in [2.24, 2.45) is 5.92 Å². The standard InChI is InChI=1S/C18H19N3O/c1-2-6-15(7-3-1)21-17-9-5-4-8-16(17)18(20-21)22-13-14-10-11-19-12-14/h1-9,14,19H,10-13H2/t14-/m0/s1. The van der Waals surface area contributed by atoms with Gasteiger partial charge in [-0.2, -0.15) is 0 Å². The SMILES string of the molecule is c1ccc(-n2nc(OC[C@H]3CCNC3)c3ccccc32)cc1. The van der Waals surface area contributed by atoms with Crippen molar-refractivity contribution in [2.45, 2.75) is 6.42 Å². The van der Waals surface area contributed by atoms with E-state index in [0.29, 0.717) is 5.92 Å². The molecule has 0 spiro atoms. The van der Waals surface area contributed by atoms with Gasteiger partial charge in [0.1, 0.15) is 0 Å². The molecule has 1 atom stereocenters. The lowest BCUT2D eigenvalue weighted by Crippen LogP contribution is -2.15. The number of hydrogen-bond donors (Lipinski definition) is 1. The van der Waals surface area contributed by atoms with Crippen molar-refractivity contribution < 1.29 is 4.74 Å². The highest BCUT2D eigenvalue weighted by atomic mass is 16.5. The molecule has 1 saturated heterocycles. The average Bonchev–Trinajstić information content (AvgIpc) is 3.22. The molecule has 0 unspecified atom stereocenters. The van der Waals surface area contributed by atoms with Crippen molar-refractivity contribution in [3.8, 4) is 11.6 Å². The van der Waals surface area contributed by atoms with Crippen molar-refractivity contribution in [1.82, 2.24) is 15.1 Å². The molecule has 4 heteroatoms. The summed E-state index contributed by atoms with van der Waals surface area (Å²) in [6.07, 6.45) is 1.18. The second-order valence-electron chi connectivity index (χ2n) is 5.74. The van der Waals surface area contributed by atoms with Gasteiger partial charge in [0.15, 0.2) is 0 Å². The van der Waals surface area contributed by atoms with E-state index < -0.39 is 0 Å². The van der Waals surface area contributed by atoms with E-state index in [2.05, 4.69) is 29.6 Å². The Balaban J connectivity index is 1.69. The van der Waals surface area contributed by atoms with Gasteiger partial charge < -0.3 is 10.1 Å². The normalized spacial score (nSPS) is 17.9. The van der Waals surface area contributed by atoms with Gasteiger partial charge in [-0.15, -0.1) is 5.10 Å². The van der Waals surface area contributed by atoms with Crippen LogP contribution in [0.2, 0.25) is 0 Å². The first-order chi connectivity index (χ1) is 10.9. The zero-order valence-corrected chi connectivity index (χ0v) is 12.4. The highest BCUT2D eigenvalue weighted by molar-refractivity contribution is 5.85. The van der Waals surface area contributed by atoms with Crippen LogP contribution in [0.15, 0.2) is 54.6 Å². The molecule has 2 aromatic carbocycles. The van der Waals surface area contributed by atoms with Crippen molar-refractivity contribution in [3.05, 3.63) is 54.6 Å². The first-order valence-corrected chi connectivity index (χ1v) is 7.78. The lowest BCUT2D eigenvalue weighted by molar-refractivity contribution is 0.252. The number of fused-ring (bicyclic) bond motifs is 1. The van der Waals surface area contributed by atoms with Crippen LogP contribution in [-0.4, -0.2) is 29.5 Å². The molecule has 22 heavy (non-hydrogen) atoms. The van der Waals surface area contributed by atoms with Gasteiger partial charge in [-0.3, -0.25) is 0 Å². The molecule has 0 saturated carbocycles. The summed E-state index contributed by atoms with van der Waals surface area (Å²) in [6.45, 7) is 2.85. The third kappa shape index (κ3) is 2.46. The fourth-order valence-corrected chi connectivity index (χ4v) is 2.96. The number of hydrogen-bond acceptors (Lipinski definition) is 3. The largest absolute Gasteiger partial charge is 0.476 e. The van der Waals surface area contributed by atoms with Crippen LogP contribution in [0.5, 0.6) is 5.88 Å². The Morgan fingerprint density at radius 1 is 1.09 bits per heavy atom. The molecule has 0 bridgehead atoms. The van der Waals surface area contributed by atoms with Crippen LogP contribution in [0.4, 0.5) is 0 Å². The second kappa shape index (κ2) is 5.81. The zero-order valence-electron chi connectivity index (χ0n) is 12.4. The van der Waals surface area contributed by atoms with Crippen LogP contribution < -0.4 is 10.1 Å². The Labute approximate surface area is 129 Å². The molecule has 3 aromatic rings. The maximum Gasteiger partial charge on any atom is 0.241 e. The van der Waals surface area contributed by atoms with Crippen LogP contribution >= 0.6 is 0 Å². The van der Waals surface area contributed by atoms with Crippen molar-refractivity contribution in [1.29, 1.82) is 0 Å². The van der Waals surface area contributed by atoms with Gasteiger partial charge in [0.25, 0.3) is 0 Å². The van der Waals surface area contributed by atoms with Gasteiger partial charge in [-0.05, 0) is 37.2 Å². The van der Waals surface area contributed by atoms with Gasteiger partial charge in [0.2, 0.25) is 5.88 Å². The van der Waals surface area contributed by atoms with E-state index in [4.69, 9.17) is 9.84 Å². The van der Waals surface area contributed by atoms with E-state index in [1.165, 1.54) is 6.42 Å². The topological polar surface area (TPSA) is 39.1 Å². The second-order valence-corrected chi connectivity index (χ2v) is 5.74. The molecule has 112 valence electrons. The van der Waals surface area contributed by atoms with Crippen molar-refractivity contribution >= 4 is 10.9 Å². The summed E-state index contributed by atoms with van der Waals surface area (Å²) in [6, 6.07) is 18.4. The lowest BCUT2D eigenvalue weighted by atomic mass is 10.1. The number of benzene rings is 2. The summed E-state index contributed by atoms with van der Waals surface area (Å²) in [5.41, 5.74) is 2.13. The molecule has 1 aliphatic rings. The first kappa shape index (κ1) is 13.3. The molecule has 1 aliphatic heterocycles. The van der Waals surface area contributed by atoms with E-state index in [1.807, 2.05) is 35.0 Å². The summed E-state index contributed by atoms with van der Waals surface area (Å²) < 4.78 is 7.99. The predicted molar refractivity (Wildman–Crippen MR) is 87.5 cm³/mol. The van der Waals surface area contributed by atoms with Gasteiger partial charge >= 0.3 is 0 Å². The van der Waals surface area contributed by atoms with E-state index in [1.54, 1.807) is 0 Å². The molecule has 0 aliphatic carbocycles. The molecule has 4 nitrogen and oxygen atoms in total. The highest BCUT2D eigenvalue weighted by Gasteiger charge is 2.17. The van der Waals surface area contributed by atoms with Gasteiger partial charge in [0, 0.05) is 12.5 Å². The Hall–Kier alpha value is -2.33. The van der Waals surface area contributed by atoms with E-state index in [-0.39, 0.29) is 0 Å². The minimum Gasteiger partial charge on any atom is -0.476 e. The van der Waals surface area contributed by atoms with Gasteiger partial charge in [-0.1, -0.05) is 30.3 Å². The summed E-state index contributed by atoms with van der Waals surface area (Å²) in [7, 11) is 0. The number of ether oxygens (including phenoxy) is 1. The summed E-state index contributed by atoms with van der Waals surface area (Å²) in [5.74, 6) is 1.31. The van der Waals surface area contributed by atoms with E-state index >= 15 is 0 Å². The molecule has 1 aromatic heterocycles. The number of nitrogens with zero attached hydrogens (tertiary/aromatic N) is 2. The predicted octanol–water partition coefficient (Wildman–Crippen LogP) is 3.01. The van der Waals surface area contributed by atoms with Crippen molar-refractivity contribution in [3.63, 3.8) is 0 Å². The Morgan fingerprint density at radius 3 is 2.73 bits per heavy atom. The summed E-state index contributed by atoms with van der Waals surface area (Å²) >= 11 is 0. The van der Waals surface area contributed by atoms with Gasteiger partial charge in [-0.25, -0.2) is 4.68 Å². The Kier molecular flexibility index (Phi) is 3.52. The molecule has 0 amide bonds. The van der Waals surface area contributed by atoms with Crippen LogP contribution in [0, 0.1) is 5.92 Å². The lowest BCUT2D eigenvalue weighted by Gasteiger charge is -2.08. The third-order valence-electron chi connectivity index (χ3n) is 4.17. The molecule has 2 heterocycles. The van der Waals surface area contributed by atoms with Crippen LogP contribution in [0.3, 0.4) is 0 Å². The molecule has 4 rings (SSSR count). The maximum atomic E-state index is 6.03. The number of nitrogens with one attached hydrogen (secondary N) is 1. The quantitative estimate of drug-likeness (QED) is 0.803. The monoisotopic (exact) mass is 293 g/mol. The first-order valence-electron chi connectivity index (χ1n) is 7.78. The zero-order chi connectivity index (χ0) is 14.8. The molecular formula is C18H19N3O. The van der Waals surface area contributed by atoms with Crippen LogP contribution in [-0.2, 0) is 0 Å². The minimum atomic E-state index is 0.584. The highest BCUT2D eigenvalue weighted by Crippen LogP contribution is 2.27. The molecule has 0 radical (unpaired) electrons. The fourth-order valence-electron chi connectivity index (χ4n) is 2.96. The van der Waals surface area contributed by atoms with Crippen LogP contribution in [0.25, 0.3) is 16.6 Å². The number of aromatic nitrogens is 2. The van der Waals surface area contributed by atoms with Crippen LogP contribution in [0.1, 0.15) is 6.42 Å². The summed E-state index contributed by atoms with van der Waals surface area (Å²) in [5, 5.41) is 9.13. The van der Waals surface area contributed by atoms with E-state index in [0.717, 1.165) is 42.2 Å². The molecule has 1 N–H and O–H groups in total. The minimum absolute atomic E-state index is 0.584. The molecule has 1 fully saturated rings. The number of para-hydroxylation sites is 2.